The Balaban J connectivity index is 2.75. The predicted molar refractivity (Wildman–Crippen MR) is 55.7 cm³/mol. The number of nitrogens with two attached hydrogens (primary N) is 1. The van der Waals surface area contributed by atoms with Gasteiger partial charge in [0.15, 0.2) is 0 Å². The first-order valence-electron chi connectivity index (χ1n) is 4.37. The highest BCUT2D eigenvalue weighted by Gasteiger charge is 2.14. The van der Waals surface area contributed by atoms with Crippen molar-refractivity contribution in [2.24, 2.45) is 5.73 Å². The Labute approximate surface area is 78.6 Å². The molecule has 0 radical (unpaired) electrons. The zero-order chi connectivity index (χ0) is 9.19. The van der Waals surface area contributed by atoms with Crippen molar-refractivity contribution in [3.8, 4) is 0 Å². The summed E-state index contributed by atoms with van der Waals surface area (Å²) < 4.78 is 0. The second-order valence-electron chi connectivity index (χ2n) is 3.89. The predicted octanol–water partition coefficient (Wildman–Crippen LogP) is 2.59. The molecule has 0 spiro atoms. The highest BCUT2D eigenvalue weighted by molar-refractivity contribution is 7.10. The van der Waals surface area contributed by atoms with Crippen molar-refractivity contribution < 1.29 is 0 Å². The van der Waals surface area contributed by atoms with Crippen molar-refractivity contribution in [3.05, 3.63) is 21.9 Å². The molecule has 2 heteroatoms. The zero-order valence-corrected chi connectivity index (χ0v) is 8.87. The monoisotopic (exact) mass is 183 g/mol. The molecule has 0 fully saturated rings. The maximum Gasteiger partial charge on any atom is 0.0145 e. The molecule has 68 valence electrons. The number of rotatable bonds is 3. The third-order valence-corrected chi connectivity index (χ3v) is 2.80. The van der Waals surface area contributed by atoms with E-state index in [0.29, 0.717) is 0 Å². The van der Waals surface area contributed by atoms with E-state index in [2.05, 4.69) is 32.2 Å². The first-order valence-corrected chi connectivity index (χ1v) is 5.25. The van der Waals surface area contributed by atoms with E-state index >= 15 is 0 Å². The molecule has 2 N–H and O–H groups in total. The van der Waals surface area contributed by atoms with Gasteiger partial charge < -0.3 is 5.73 Å². The molecule has 1 rings (SSSR count). The Morgan fingerprint density at radius 3 is 2.67 bits per heavy atom. The van der Waals surface area contributed by atoms with E-state index in [9.17, 15) is 0 Å². The summed E-state index contributed by atoms with van der Waals surface area (Å²) in [7, 11) is 0. The van der Waals surface area contributed by atoms with Crippen molar-refractivity contribution in [1.29, 1.82) is 0 Å². The van der Waals surface area contributed by atoms with Crippen LogP contribution in [-0.4, -0.2) is 5.54 Å². The SMILES string of the molecule is CCc1ccsc1CC(C)(C)N. The number of hydrogen-bond acceptors (Lipinski definition) is 2. The Bertz CT molecular complexity index is 245. The zero-order valence-electron chi connectivity index (χ0n) is 8.05. The molecule has 0 saturated carbocycles. The third-order valence-electron chi connectivity index (χ3n) is 1.83. The topological polar surface area (TPSA) is 26.0 Å². The van der Waals surface area contributed by atoms with Gasteiger partial charge in [-0.2, -0.15) is 0 Å². The molecular formula is C10H17NS. The van der Waals surface area contributed by atoms with E-state index in [-0.39, 0.29) is 5.54 Å². The first kappa shape index (κ1) is 9.75. The van der Waals surface area contributed by atoms with Crippen LogP contribution in [0, 0.1) is 0 Å². The van der Waals surface area contributed by atoms with Gasteiger partial charge in [-0.25, -0.2) is 0 Å². The van der Waals surface area contributed by atoms with Gasteiger partial charge in [0.2, 0.25) is 0 Å². The van der Waals surface area contributed by atoms with E-state index in [1.807, 2.05) is 11.3 Å². The van der Waals surface area contributed by atoms with Crippen molar-refractivity contribution >= 4 is 11.3 Å². The fourth-order valence-electron chi connectivity index (χ4n) is 1.25. The number of hydrogen-bond donors (Lipinski definition) is 1. The summed E-state index contributed by atoms with van der Waals surface area (Å²) in [4.78, 5) is 1.45. The van der Waals surface area contributed by atoms with Crippen molar-refractivity contribution in [2.75, 3.05) is 0 Å². The maximum absolute atomic E-state index is 5.96. The summed E-state index contributed by atoms with van der Waals surface area (Å²) in [5.74, 6) is 0. The van der Waals surface area contributed by atoms with E-state index in [0.717, 1.165) is 12.8 Å². The average molecular weight is 183 g/mol. The molecule has 1 aromatic heterocycles. The van der Waals surface area contributed by atoms with Crippen molar-refractivity contribution in [1.82, 2.24) is 0 Å². The molecule has 0 amide bonds. The van der Waals surface area contributed by atoms with Crippen LogP contribution in [-0.2, 0) is 12.8 Å². The number of aryl methyl sites for hydroxylation is 1. The minimum Gasteiger partial charge on any atom is -0.325 e. The van der Waals surface area contributed by atoms with Crippen molar-refractivity contribution in [2.45, 2.75) is 39.2 Å². The van der Waals surface area contributed by atoms with Gasteiger partial charge in [0.25, 0.3) is 0 Å². The van der Waals surface area contributed by atoms with Gasteiger partial charge in [-0.1, -0.05) is 6.92 Å². The summed E-state index contributed by atoms with van der Waals surface area (Å²) in [6, 6.07) is 2.20. The van der Waals surface area contributed by atoms with Gasteiger partial charge in [-0.15, -0.1) is 11.3 Å². The highest BCUT2D eigenvalue weighted by atomic mass is 32.1. The summed E-state index contributed by atoms with van der Waals surface area (Å²) in [5, 5.41) is 2.15. The summed E-state index contributed by atoms with van der Waals surface area (Å²) in [6.07, 6.45) is 2.11. The normalized spacial score (nSPS) is 12.0. The van der Waals surface area contributed by atoms with Crippen LogP contribution in [0.3, 0.4) is 0 Å². The van der Waals surface area contributed by atoms with Gasteiger partial charge >= 0.3 is 0 Å². The quantitative estimate of drug-likeness (QED) is 0.766. The lowest BCUT2D eigenvalue weighted by Gasteiger charge is -2.17. The maximum atomic E-state index is 5.96. The Morgan fingerprint density at radius 2 is 2.17 bits per heavy atom. The molecule has 0 bridgehead atoms. The second kappa shape index (κ2) is 3.58. The molecule has 1 aromatic rings. The third kappa shape index (κ3) is 2.61. The molecule has 0 atom stereocenters. The minimum absolute atomic E-state index is 0.0746. The molecule has 0 aromatic carbocycles. The fourth-order valence-corrected chi connectivity index (χ4v) is 2.47. The summed E-state index contributed by atoms with van der Waals surface area (Å²) >= 11 is 1.82. The van der Waals surface area contributed by atoms with Gasteiger partial charge in [0, 0.05) is 10.4 Å². The highest BCUT2D eigenvalue weighted by Crippen LogP contribution is 2.21. The lowest BCUT2D eigenvalue weighted by Crippen LogP contribution is -2.34. The summed E-state index contributed by atoms with van der Waals surface area (Å²) in [5.41, 5.74) is 7.34. The standard InChI is InChI=1S/C10H17NS/c1-4-8-5-6-12-9(8)7-10(2,3)11/h5-6H,4,7,11H2,1-3H3. The number of thiophene rings is 1. The van der Waals surface area contributed by atoms with Gasteiger partial charge in [-0.3, -0.25) is 0 Å². The van der Waals surface area contributed by atoms with Crippen LogP contribution < -0.4 is 5.73 Å². The average Bonchev–Trinajstić information content (AvgIpc) is 2.31. The van der Waals surface area contributed by atoms with Crippen LogP contribution in [0.15, 0.2) is 11.4 Å². The minimum atomic E-state index is -0.0746. The molecule has 0 aliphatic carbocycles. The van der Waals surface area contributed by atoms with E-state index in [1.165, 1.54) is 10.4 Å². The van der Waals surface area contributed by atoms with E-state index in [4.69, 9.17) is 5.73 Å². The molecule has 1 heterocycles. The van der Waals surface area contributed by atoms with E-state index in [1.54, 1.807) is 0 Å². The van der Waals surface area contributed by atoms with E-state index < -0.39 is 0 Å². The molecular weight excluding hydrogens is 166 g/mol. The molecule has 0 aliphatic heterocycles. The largest absolute Gasteiger partial charge is 0.325 e. The van der Waals surface area contributed by atoms with Crippen molar-refractivity contribution in [3.63, 3.8) is 0 Å². The van der Waals surface area contributed by atoms with Crippen LogP contribution in [0.4, 0.5) is 0 Å². The molecule has 1 nitrogen and oxygen atoms in total. The van der Waals surface area contributed by atoms with Crippen LogP contribution in [0.1, 0.15) is 31.2 Å². The fraction of sp³-hybridized carbons (Fsp3) is 0.600. The van der Waals surface area contributed by atoms with Crippen LogP contribution >= 0.6 is 11.3 Å². The first-order chi connectivity index (χ1) is 5.53. The molecule has 0 unspecified atom stereocenters. The smallest absolute Gasteiger partial charge is 0.0145 e. The van der Waals surface area contributed by atoms with Gasteiger partial charge in [0.05, 0.1) is 0 Å². The molecule has 0 saturated heterocycles. The van der Waals surface area contributed by atoms with Crippen LogP contribution in [0.25, 0.3) is 0 Å². The Morgan fingerprint density at radius 1 is 1.50 bits per heavy atom. The van der Waals surface area contributed by atoms with Gasteiger partial charge in [-0.05, 0) is 43.7 Å². The van der Waals surface area contributed by atoms with Crippen LogP contribution in [0.5, 0.6) is 0 Å². The molecule has 12 heavy (non-hydrogen) atoms. The lowest BCUT2D eigenvalue weighted by molar-refractivity contribution is 0.519. The Kier molecular flexibility index (Phi) is 2.91. The van der Waals surface area contributed by atoms with Crippen LogP contribution in [0.2, 0.25) is 0 Å². The Hall–Kier alpha value is -0.340. The summed E-state index contributed by atoms with van der Waals surface area (Å²) in [6.45, 7) is 6.34. The molecule has 0 aliphatic rings. The lowest BCUT2D eigenvalue weighted by atomic mass is 9.99. The second-order valence-corrected chi connectivity index (χ2v) is 4.89. The van der Waals surface area contributed by atoms with Gasteiger partial charge in [0.1, 0.15) is 0 Å².